The number of benzene rings is 2. The molecule has 0 radical (unpaired) electrons. The molecular weight excluding hydrogens is 324 g/mol. The van der Waals surface area contributed by atoms with E-state index in [-0.39, 0.29) is 0 Å². The van der Waals surface area contributed by atoms with Crippen molar-refractivity contribution >= 4 is 15.9 Å². The number of rotatable bonds is 5. The van der Waals surface area contributed by atoms with Crippen LogP contribution in [0.15, 0.2) is 54.6 Å². The SMILES string of the molecule is BrC1c2ccccc2CCC1CCCOc1ccccc1. The number of hydrogen-bond donors (Lipinski definition) is 0. The molecule has 0 amide bonds. The van der Waals surface area contributed by atoms with Crippen molar-refractivity contribution in [2.75, 3.05) is 6.61 Å². The molecule has 0 saturated heterocycles. The van der Waals surface area contributed by atoms with Crippen LogP contribution in [0.25, 0.3) is 0 Å². The maximum Gasteiger partial charge on any atom is 0.119 e. The Morgan fingerprint density at radius 2 is 1.76 bits per heavy atom. The van der Waals surface area contributed by atoms with Crippen LogP contribution >= 0.6 is 15.9 Å². The van der Waals surface area contributed by atoms with E-state index in [9.17, 15) is 0 Å². The second-order valence-corrected chi connectivity index (χ2v) is 6.69. The number of ether oxygens (including phenoxy) is 1. The lowest BCUT2D eigenvalue weighted by Crippen LogP contribution is -2.17. The zero-order valence-electron chi connectivity index (χ0n) is 12.2. The van der Waals surface area contributed by atoms with Crippen molar-refractivity contribution in [2.24, 2.45) is 5.92 Å². The molecule has 0 fully saturated rings. The average Bonchev–Trinajstić information content (AvgIpc) is 2.55. The van der Waals surface area contributed by atoms with E-state index in [0.29, 0.717) is 4.83 Å². The predicted octanol–water partition coefficient (Wildman–Crippen LogP) is 5.54. The van der Waals surface area contributed by atoms with Crippen molar-refractivity contribution in [3.05, 3.63) is 65.7 Å². The van der Waals surface area contributed by atoms with E-state index in [2.05, 4.69) is 40.2 Å². The number of alkyl halides is 1. The van der Waals surface area contributed by atoms with Gasteiger partial charge >= 0.3 is 0 Å². The third-order valence-electron chi connectivity index (χ3n) is 4.28. The molecule has 2 aromatic rings. The first-order valence-corrected chi connectivity index (χ1v) is 8.66. The van der Waals surface area contributed by atoms with Gasteiger partial charge in [-0.2, -0.15) is 0 Å². The van der Waals surface area contributed by atoms with E-state index in [1.54, 1.807) is 0 Å². The molecule has 2 unspecified atom stereocenters. The Bertz CT molecular complexity index is 567. The van der Waals surface area contributed by atoms with Gasteiger partial charge in [0.2, 0.25) is 0 Å². The van der Waals surface area contributed by atoms with Gasteiger partial charge in [-0.3, -0.25) is 0 Å². The molecule has 0 bridgehead atoms. The molecule has 0 saturated carbocycles. The van der Waals surface area contributed by atoms with Crippen molar-refractivity contribution in [3.8, 4) is 5.75 Å². The molecule has 2 aromatic carbocycles. The van der Waals surface area contributed by atoms with Crippen LogP contribution in [-0.2, 0) is 6.42 Å². The molecule has 1 aliphatic rings. The fourth-order valence-electron chi connectivity index (χ4n) is 3.11. The lowest BCUT2D eigenvalue weighted by Gasteiger charge is -2.30. The van der Waals surface area contributed by atoms with Crippen molar-refractivity contribution in [1.82, 2.24) is 0 Å². The van der Waals surface area contributed by atoms with Crippen molar-refractivity contribution < 1.29 is 4.74 Å². The Morgan fingerprint density at radius 3 is 2.62 bits per heavy atom. The standard InChI is InChI=1S/C19H21BrO/c20-19-16(13-12-15-7-4-5-11-18(15)19)8-6-14-21-17-9-2-1-3-10-17/h1-5,7,9-11,16,19H,6,8,12-14H2. The molecule has 0 aliphatic heterocycles. The molecule has 0 heterocycles. The van der Waals surface area contributed by atoms with Crippen molar-refractivity contribution in [1.29, 1.82) is 0 Å². The maximum absolute atomic E-state index is 5.79. The van der Waals surface area contributed by atoms with Gasteiger partial charge in [-0.05, 0) is 54.9 Å². The average molecular weight is 345 g/mol. The van der Waals surface area contributed by atoms with Gasteiger partial charge in [-0.1, -0.05) is 58.4 Å². The lowest BCUT2D eigenvalue weighted by molar-refractivity contribution is 0.285. The summed E-state index contributed by atoms with van der Waals surface area (Å²) in [6.07, 6.45) is 4.82. The number of fused-ring (bicyclic) bond motifs is 1. The Kier molecular flexibility index (Phi) is 4.97. The summed E-state index contributed by atoms with van der Waals surface area (Å²) in [7, 11) is 0. The number of aryl methyl sites for hydroxylation is 1. The summed E-state index contributed by atoms with van der Waals surface area (Å²) < 4.78 is 5.79. The molecule has 0 spiro atoms. The Labute approximate surface area is 135 Å². The number of hydrogen-bond acceptors (Lipinski definition) is 1. The van der Waals surface area contributed by atoms with E-state index in [4.69, 9.17) is 4.74 Å². The summed E-state index contributed by atoms with van der Waals surface area (Å²) >= 11 is 3.91. The van der Waals surface area contributed by atoms with Crippen molar-refractivity contribution in [2.45, 2.75) is 30.5 Å². The minimum absolute atomic E-state index is 0.499. The van der Waals surface area contributed by atoms with Crippen LogP contribution in [0.5, 0.6) is 5.75 Å². The van der Waals surface area contributed by atoms with E-state index in [1.165, 1.54) is 30.4 Å². The summed E-state index contributed by atoms with van der Waals surface area (Å²) in [6, 6.07) is 18.9. The van der Waals surface area contributed by atoms with Gasteiger partial charge in [-0.15, -0.1) is 0 Å². The van der Waals surface area contributed by atoms with Gasteiger partial charge < -0.3 is 4.74 Å². The van der Waals surface area contributed by atoms with Crippen LogP contribution in [0.2, 0.25) is 0 Å². The van der Waals surface area contributed by atoms with E-state index in [1.807, 2.05) is 30.3 Å². The van der Waals surface area contributed by atoms with E-state index < -0.39 is 0 Å². The van der Waals surface area contributed by atoms with E-state index >= 15 is 0 Å². The minimum Gasteiger partial charge on any atom is -0.494 e. The zero-order valence-corrected chi connectivity index (χ0v) is 13.8. The normalized spacial score (nSPS) is 20.8. The predicted molar refractivity (Wildman–Crippen MR) is 91.1 cm³/mol. The third-order valence-corrected chi connectivity index (χ3v) is 5.52. The first kappa shape index (κ1) is 14.6. The fourth-order valence-corrected chi connectivity index (χ4v) is 4.09. The van der Waals surface area contributed by atoms with Crippen LogP contribution in [-0.4, -0.2) is 6.61 Å². The maximum atomic E-state index is 5.79. The first-order chi connectivity index (χ1) is 10.3. The number of para-hydroxylation sites is 1. The molecule has 3 rings (SSSR count). The monoisotopic (exact) mass is 344 g/mol. The molecule has 1 aliphatic carbocycles. The molecule has 2 atom stereocenters. The van der Waals surface area contributed by atoms with Gasteiger partial charge in [0.25, 0.3) is 0 Å². The molecule has 0 aromatic heterocycles. The Hall–Kier alpha value is -1.28. The van der Waals surface area contributed by atoms with Gasteiger partial charge in [0, 0.05) is 4.83 Å². The fraction of sp³-hybridized carbons (Fsp3) is 0.368. The largest absolute Gasteiger partial charge is 0.494 e. The summed E-state index contributed by atoms with van der Waals surface area (Å²) in [5.41, 5.74) is 2.99. The van der Waals surface area contributed by atoms with Crippen LogP contribution in [0, 0.1) is 5.92 Å². The highest BCUT2D eigenvalue weighted by molar-refractivity contribution is 9.09. The van der Waals surface area contributed by atoms with E-state index in [0.717, 1.165) is 24.7 Å². The number of halogens is 1. The van der Waals surface area contributed by atoms with Crippen LogP contribution in [0.4, 0.5) is 0 Å². The van der Waals surface area contributed by atoms with Crippen molar-refractivity contribution in [3.63, 3.8) is 0 Å². The van der Waals surface area contributed by atoms with Crippen LogP contribution in [0.1, 0.15) is 35.2 Å². The molecule has 2 heteroatoms. The summed E-state index contributed by atoms with van der Waals surface area (Å²) in [6.45, 7) is 0.807. The highest BCUT2D eigenvalue weighted by Crippen LogP contribution is 2.42. The quantitative estimate of drug-likeness (QED) is 0.510. The molecular formula is C19H21BrO. The van der Waals surface area contributed by atoms with Crippen LogP contribution < -0.4 is 4.74 Å². The topological polar surface area (TPSA) is 9.23 Å². The third kappa shape index (κ3) is 3.68. The lowest BCUT2D eigenvalue weighted by atomic mass is 9.81. The molecule has 21 heavy (non-hydrogen) atoms. The van der Waals surface area contributed by atoms with Gasteiger partial charge in [-0.25, -0.2) is 0 Å². The summed E-state index contributed by atoms with van der Waals surface area (Å²) in [4.78, 5) is 0.499. The Balaban J connectivity index is 1.48. The second kappa shape index (κ2) is 7.13. The Morgan fingerprint density at radius 1 is 1.00 bits per heavy atom. The summed E-state index contributed by atoms with van der Waals surface area (Å²) in [5, 5.41) is 0. The highest BCUT2D eigenvalue weighted by atomic mass is 79.9. The summed E-state index contributed by atoms with van der Waals surface area (Å²) in [5.74, 6) is 1.70. The highest BCUT2D eigenvalue weighted by Gasteiger charge is 2.26. The zero-order chi connectivity index (χ0) is 14.5. The van der Waals surface area contributed by atoms with Crippen LogP contribution in [0.3, 0.4) is 0 Å². The van der Waals surface area contributed by atoms with Gasteiger partial charge in [0.15, 0.2) is 0 Å². The molecule has 110 valence electrons. The molecule has 0 N–H and O–H groups in total. The first-order valence-electron chi connectivity index (χ1n) is 7.74. The minimum atomic E-state index is 0.499. The second-order valence-electron chi connectivity index (χ2n) is 5.70. The smallest absolute Gasteiger partial charge is 0.119 e. The van der Waals surface area contributed by atoms with Gasteiger partial charge in [0.05, 0.1) is 6.61 Å². The molecule has 1 nitrogen and oxygen atoms in total. The van der Waals surface area contributed by atoms with Gasteiger partial charge in [0.1, 0.15) is 5.75 Å².